The van der Waals surface area contributed by atoms with Crippen LogP contribution in [0.4, 0.5) is 0 Å². The molecule has 5 rings (SSSR count). The lowest BCUT2D eigenvalue weighted by atomic mass is 9.90. The molecule has 1 unspecified atom stereocenters. The summed E-state index contributed by atoms with van der Waals surface area (Å²) in [5, 5.41) is 8.56. The minimum atomic E-state index is 0.144. The van der Waals surface area contributed by atoms with Gasteiger partial charge < -0.3 is 10.2 Å². The summed E-state index contributed by atoms with van der Waals surface area (Å²) in [5.74, 6) is 0.144. The number of likely N-dealkylation sites (tertiary alicyclic amines) is 1. The Morgan fingerprint density at radius 3 is 2.46 bits per heavy atom. The van der Waals surface area contributed by atoms with Crippen molar-refractivity contribution in [1.29, 1.82) is 0 Å². The lowest BCUT2D eigenvalue weighted by Gasteiger charge is -2.29. The average molecular weight is 379 g/mol. The molecule has 3 aliphatic rings. The van der Waals surface area contributed by atoms with Gasteiger partial charge in [-0.3, -0.25) is 9.48 Å². The van der Waals surface area contributed by atoms with E-state index >= 15 is 0 Å². The van der Waals surface area contributed by atoms with E-state index in [1.54, 1.807) is 0 Å². The first kappa shape index (κ1) is 17.9. The van der Waals surface area contributed by atoms with Gasteiger partial charge in [0, 0.05) is 43.5 Å². The van der Waals surface area contributed by atoms with Crippen LogP contribution in [0.2, 0.25) is 0 Å². The summed E-state index contributed by atoms with van der Waals surface area (Å²) in [6.07, 6.45) is 8.75. The van der Waals surface area contributed by atoms with E-state index in [4.69, 9.17) is 0 Å². The van der Waals surface area contributed by atoms with Gasteiger partial charge in [-0.1, -0.05) is 24.3 Å². The Bertz CT molecular complexity index is 856. The van der Waals surface area contributed by atoms with Crippen LogP contribution in [0.1, 0.15) is 58.6 Å². The van der Waals surface area contributed by atoms with E-state index in [1.165, 1.54) is 28.8 Å². The molecule has 1 N–H and O–H groups in total. The van der Waals surface area contributed by atoms with E-state index in [-0.39, 0.29) is 5.91 Å². The highest BCUT2D eigenvalue weighted by Gasteiger charge is 2.32. The molecule has 0 saturated carbocycles. The fourth-order valence-corrected chi connectivity index (χ4v) is 5.36. The van der Waals surface area contributed by atoms with E-state index in [1.807, 2.05) is 16.6 Å². The maximum Gasteiger partial charge on any atom is 0.274 e. The van der Waals surface area contributed by atoms with Crippen molar-refractivity contribution in [1.82, 2.24) is 20.0 Å². The van der Waals surface area contributed by atoms with Gasteiger partial charge in [-0.05, 0) is 62.5 Å². The van der Waals surface area contributed by atoms with Gasteiger partial charge in [0.15, 0.2) is 5.69 Å². The molecule has 28 heavy (non-hydrogen) atoms. The molecule has 1 aromatic carbocycles. The highest BCUT2D eigenvalue weighted by Crippen LogP contribution is 2.28. The molecule has 1 saturated heterocycles. The van der Waals surface area contributed by atoms with E-state index in [2.05, 4.69) is 34.7 Å². The van der Waals surface area contributed by atoms with E-state index in [0.29, 0.717) is 17.8 Å². The number of benzene rings is 1. The van der Waals surface area contributed by atoms with Gasteiger partial charge in [0.1, 0.15) is 0 Å². The van der Waals surface area contributed by atoms with Crippen LogP contribution in [0.15, 0.2) is 24.3 Å². The molecule has 5 nitrogen and oxygen atoms in total. The zero-order valence-electron chi connectivity index (χ0n) is 16.8. The van der Waals surface area contributed by atoms with Crippen LogP contribution >= 0.6 is 0 Å². The van der Waals surface area contributed by atoms with Crippen molar-refractivity contribution in [2.75, 3.05) is 13.1 Å². The molecule has 1 fully saturated rings. The van der Waals surface area contributed by atoms with Crippen LogP contribution in [0.5, 0.6) is 0 Å². The Kier molecular flexibility index (Phi) is 4.71. The highest BCUT2D eigenvalue weighted by molar-refractivity contribution is 5.94. The summed E-state index contributed by atoms with van der Waals surface area (Å²) in [6.45, 7) is 1.76. The number of aromatic nitrogens is 2. The van der Waals surface area contributed by atoms with Crippen LogP contribution in [-0.4, -0.2) is 45.8 Å². The van der Waals surface area contributed by atoms with Crippen LogP contribution in [0.25, 0.3) is 0 Å². The molecule has 1 aliphatic heterocycles. The maximum atomic E-state index is 13.1. The summed E-state index contributed by atoms with van der Waals surface area (Å²) in [7, 11) is 1.99. The van der Waals surface area contributed by atoms with Crippen LogP contribution in [-0.2, 0) is 32.7 Å². The monoisotopic (exact) mass is 378 g/mol. The number of aryl methyl sites for hydroxylation is 1. The van der Waals surface area contributed by atoms with Gasteiger partial charge >= 0.3 is 0 Å². The molecule has 5 heteroatoms. The Balaban J connectivity index is 1.30. The van der Waals surface area contributed by atoms with Gasteiger partial charge in [0.2, 0.25) is 0 Å². The summed E-state index contributed by atoms with van der Waals surface area (Å²) >= 11 is 0. The molecular weight excluding hydrogens is 348 g/mol. The molecule has 0 radical (unpaired) electrons. The Morgan fingerprint density at radius 2 is 1.75 bits per heavy atom. The van der Waals surface area contributed by atoms with E-state index in [9.17, 15) is 4.79 Å². The third kappa shape index (κ3) is 3.26. The fraction of sp³-hybridized carbons (Fsp3) is 0.565. The number of nitrogens with zero attached hydrogens (tertiary/aromatic N) is 3. The Morgan fingerprint density at radius 1 is 1.04 bits per heavy atom. The van der Waals surface area contributed by atoms with Crippen molar-refractivity contribution < 1.29 is 4.79 Å². The molecule has 2 aromatic rings. The summed E-state index contributed by atoms with van der Waals surface area (Å²) in [5.41, 5.74) is 6.13. The SMILES string of the molecule is Cn1nc(C(=O)N2CCCCC2)c2c1CCC(NC1Cc3ccccc3C1)C2. The number of carbonyl (C=O) groups excluding carboxylic acids is 1. The largest absolute Gasteiger partial charge is 0.337 e. The molecule has 2 heterocycles. The molecule has 1 aromatic heterocycles. The topological polar surface area (TPSA) is 50.2 Å². The highest BCUT2D eigenvalue weighted by atomic mass is 16.2. The third-order valence-electron chi connectivity index (χ3n) is 6.82. The number of amides is 1. The predicted molar refractivity (Wildman–Crippen MR) is 110 cm³/mol. The maximum absolute atomic E-state index is 13.1. The second-order valence-corrected chi connectivity index (χ2v) is 8.73. The first-order valence-corrected chi connectivity index (χ1v) is 10.9. The molecular formula is C23H30N4O. The first-order valence-electron chi connectivity index (χ1n) is 10.9. The number of hydrogen-bond donors (Lipinski definition) is 1. The molecule has 148 valence electrons. The van der Waals surface area contributed by atoms with Crippen molar-refractivity contribution >= 4 is 5.91 Å². The molecule has 1 atom stereocenters. The summed E-state index contributed by atoms with van der Waals surface area (Å²) in [6, 6.07) is 9.74. The van der Waals surface area contributed by atoms with Gasteiger partial charge in [-0.15, -0.1) is 0 Å². The standard InChI is InChI=1S/C23H30N4O/c1-26-21-10-9-18(24-19-13-16-7-3-4-8-17(16)14-19)15-20(21)22(25-26)23(28)27-11-5-2-6-12-27/h3-4,7-8,18-19,24H,2,5-6,9-15H2,1H3. The smallest absolute Gasteiger partial charge is 0.274 e. The average Bonchev–Trinajstić information content (AvgIpc) is 3.28. The van der Waals surface area contributed by atoms with Crippen LogP contribution in [0.3, 0.4) is 0 Å². The number of nitrogens with one attached hydrogen (secondary N) is 1. The Labute approximate surface area is 167 Å². The van der Waals surface area contributed by atoms with E-state index < -0.39 is 0 Å². The number of carbonyl (C=O) groups is 1. The second kappa shape index (κ2) is 7.36. The minimum absolute atomic E-state index is 0.144. The Hall–Kier alpha value is -2.14. The fourth-order valence-electron chi connectivity index (χ4n) is 5.36. The van der Waals surface area contributed by atoms with Gasteiger partial charge in [-0.2, -0.15) is 5.10 Å². The van der Waals surface area contributed by atoms with Crippen molar-refractivity contribution in [3.63, 3.8) is 0 Å². The van der Waals surface area contributed by atoms with Gasteiger partial charge in [-0.25, -0.2) is 0 Å². The van der Waals surface area contributed by atoms with Crippen molar-refractivity contribution in [3.8, 4) is 0 Å². The zero-order chi connectivity index (χ0) is 19.1. The second-order valence-electron chi connectivity index (χ2n) is 8.73. The zero-order valence-corrected chi connectivity index (χ0v) is 16.8. The summed E-state index contributed by atoms with van der Waals surface area (Å²) < 4.78 is 1.95. The normalized spacial score (nSPS) is 22.2. The van der Waals surface area contributed by atoms with Crippen molar-refractivity contribution in [3.05, 3.63) is 52.3 Å². The van der Waals surface area contributed by atoms with Crippen LogP contribution < -0.4 is 5.32 Å². The third-order valence-corrected chi connectivity index (χ3v) is 6.82. The molecule has 0 spiro atoms. The predicted octanol–water partition coefficient (Wildman–Crippen LogP) is 2.66. The lowest BCUT2D eigenvalue weighted by Crippen LogP contribution is -2.42. The van der Waals surface area contributed by atoms with Crippen molar-refractivity contribution in [2.24, 2.45) is 7.05 Å². The van der Waals surface area contributed by atoms with Gasteiger partial charge in [0.05, 0.1) is 0 Å². The van der Waals surface area contributed by atoms with Gasteiger partial charge in [0.25, 0.3) is 5.91 Å². The molecule has 2 aliphatic carbocycles. The summed E-state index contributed by atoms with van der Waals surface area (Å²) in [4.78, 5) is 15.1. The molecule has 0 bridgehead atoms. The number of hydrogen-bond acceptors (Lipinski definition) is 3. The van der Waals surface area contributed by atoms with Crippen molar-refractivity contribution in [2.45, 2.75) is 63.5 Å². The number of fused-ring (bicyclic) bond motifs is 2. The number of piperidine rings is 1. The quantitative estimate of drug-likeness (QED) is 0.893. The number of rotatable bonds is 3. The minimum Gasteiger partial charge on any atom is -0.337 e. The van der Waals surface area contributed by atoms with E-state index in [0.717, 1.165) is 58.0 Å². The molecule has 1 amide bonds. The van der Waals surface area contributed by atoms with Crippen LogP contribution in [0, 0.1) is 0 Å². The first-order chi connectivity index (χ1) is 13.7. The lowest BCUT2D eigenvalue weighted by molar-refractivity contribution is 0.0716.